The number of nitrogens with zero attached hydrogens (tertiary/aromatic N) is 3. The lowest BCUT2D eigenvalue weighted by molar-refractivity contribution is 0.414. The van der Waals surface area contributed by atoms with Gasteiger partial charge < -0.3 is 4.74 Å². The van der Waals surface area contributed by atoms with E-state index >= 15 is 0 Å². The van der Waals surface area contributed by atoms with E-state index in [2.05, 4.69) is 15.1 Å². The summed E-state index contributed by atoms with van der Waals surface area (Å²) in [4.78, 5) is 18.9. The lowest BCUT2D eigenvalue weighted by Crippen LogP contribution is -2.13. The fraction of sp³-hybridized carbons (Fsp3) is 0.0833. The summed E-state index contributed by atoms with van der Waals surface area (Å²) < 4.78 is 6.50. The molecule has 0 spiro atoms. The molecule has 0 radical (unpaired) electrons. The molecule has 0 saturated heterocycles. The number of hydrogen-bond acceptors (Lipinski definition) is 4. The molecule has 6 heteroatoms. The standard InChI is InChI=1S/C12H10N4O2/c1-18-8-6-13-16(7-8)12-14-10-5-3-2-4-9(10)11(17)15-12/h2-7H,1H3,(H,14,15,17). The van der Waals surface area contributed by atoms with Crippen LogP contribution in [0.2, 0.25) is 0 Å². The number of H-pyrrole nitrogens is 1. The number of methoxy groups -OCH3 is 1. The Morgan fingerprint density at radius 1 is 1.33 bits per heavy atom. The van der Waals surface area contributed by atoms with Gasteiger partial charge in [-0.2, -0.15) is 5.10 Å². The number of aromatic nitrogens is 4. The van der Waals surface area contributed by atoms with Gasteiger partial charge in [0, 0.05) is 0 Å². The van der Waals surface area contributed by atoms with Crippen molar-refractivity contribution in [3.63, 3.8) is 0 Å². The first-order valence-corrected chi connectivity index (χ1v) is 5.36. The third-order valence-corrected chi connectivity index (χ3v) is 2.61. The zero-order chi connectivity index (χ0) is 12.5. The second-order valence-corrected chi connectivity index (χ2v) is 3.73. The maximum atomic E-state index is 11.9. The van der Waals surface area contributed by atoms with Crippen LogP contribution in [0.3, 0.4) is 0 Å². The van der Waals surface area contributed by atoms with Crippen LogP contribution in [0, 0.1) is 0 Å². The van der Waals surface area contributed by atoms with Crippen molar-refractivity contribution in [2.24, 2.45) is 0 Å². The summed E-state index contributed by atoms with van der Waals surface area (Å²) in [6.07, 6.45) is 3.20. The average Bonchev–Trinajstić information content (AvgIpc) is 2.87. The van der Waals surface area contributed by atoms with E-state index in [1.807, 2.05) is 6.07 Å². The summed E-state index contributed by atoms with van der Waals surface area (Å²) in [5.74, 6) is 0.966. The van der Waals surface area contributed by atoms with Gasteiger partial charge in [0.25, 0.3) is 5.56 Å². The summed E-state index contributed by atoms with van der Waals surface area (Å²) in [7, 11) is 1.55. The van der Waals surface area contributed by atoms with Crippen molar-refractivity contribution in [1.82, 2.24) is 19.7 Å². The van der Waals surface area contributed by atoms with E-state index in [0.717, 1.165) is 0 Å². The maximum Gasteiger partial charge on any atom is 0.260 e. The van der Waals surface area contributed by atoms with E-state index in [9.17, 15) is 4.79 Å². The molecule has 1 N–H and O–H groups in total. The Morgan fingerprint density at radius 3 is 2.94 bits per heavy atom. The zero-order valence-corrected chi connectivity index (χ0v) is 9.62. The molecule has 0 atom stereocenters. The Bertz CT molecular complexity index is 760. The number of benzene rings is 1. The third-order valence-electron chi connectivity index (χ3n) is 2.61. The molecule has 0 aliphatic heterocycles. The number of hydrogen-bond donors (Lipinski definition) is 1. The van der Waals surface area contributed by atoms with Crippen LogP contribution >= 0.6 is 0 Å². The van der Waals surface area contributed by atoms with Gasteiger partial charge in [0.2, 0.25) is 5.95 Å². The number of nitrogens with one attached hydrogen (secondary N) is 1. The number of fused-ring (bicyclic) bond motifs is 1. The molecule has 3 aromatic rings. The van der Waals surface area contributed by atoms with Crippen molar-refractivity contribution in [3.05, 3.63) is 47.0 Å². The van der Waals surface area contributed by atoms with Gasteiger partial charge in [-0.05, 0) is 12.1 Å². The Labute approximate surface area is 102 Å². The Hall–Kier alpha value is -2.63. The molecule has 18 heavy (non-hydrogen) atoms. The minimum Gasteiger partial charge on any atom is -0.493 e. The first-order valence-electron chi connectivity index (χ1n) is 5.36. The summed E-state index contributed by atoms with van der Waals surface area (Å²) >= 11 is 0. The highest BCUT2D eigenvalue weighted by Crippen LogP contribution is 2.11. The molecule has 0 unspecified atom stereocenters. The number of rotatable bonds is 2. The van der Waals surface area contributed by atoms with Gasteiger partial charge in [-0.3, -0.25) is 9.78 Å². The molecule has 6 nitrogen and oxygen atoms in total. The van der Waals surface area contributed by atoms with Gasteiger partial charge in [-0.25, -0.2) is 9.67 Å². The van der Waals surface area contributed by atoms with Crippen molar-refractivity contribution in [2.45, 2.75) is 0 Å². The number of aromatic amines is 1. The highest BCUT2D eigenvalue weighted by atomic mass is 16.5. The molecule has 90 valence electrons. The van der Waals surface area contributed by atoms with Crippen molar-refractivity contribution in [2.75, 3.05) is 7.11 Å². The lowest BCUT2D eigenvalue weighted by atomic mass is 10.2. The summed E-state index contributed by atoms with van der Waals surface area (Å²) in [5.41, 5.74) is 0.441. The van der Waals surface area contributed by atoms with Crippen LogP contribution in [0.4, 0.5) is 0 Å². The highest BCUT2D eigenvalue weighted by molar-refractivity contribution is 5.77. The Kier molecular flexibility index (Phi) is 2.33. The average molecular weight is 242 g/mol. The quantitative estimate of drug-likeness (QED) is 0.730. The monoisotopic (exact) mass is 242 g/mol. The van der Waals surface area contributed by atoms with Gasteiger partial charge in [-0.15, -0.1) is 0 Å². The topological polar surface area (TPSA) is 72.8 Å². The van der Waals surface area contributed by atoms with Crippen molar-refractivity contribution >= 4 is 10.9 Å². The van der Waals surface area contributed by atoms with Gasteiger partial charge in [0.05, 0.1) is 30.4 Å². The zero-order valence-electron chi connectivity index (χ0n) is 9.62. The predicted octanol–water partition coefficient (Wildman–Crippen LogP) is 1.12. The first-order chi connectivity index (χ1) is 8.78. The summed E-state index contributed by atoms with van der Waals surface area (Å²) in [6, 6.07) is 7.15. The van der Waals surface area contributed by atoms with Crippen LogP contribution in [-0.4, -0.2) is 26.9 Å². The summed E-state index contributed by atoms with van der Waals surface area (Å²) in [5, 5.41) is 4.62. The van der Waals surface area contributed by atoms with Gasteiger partial charge in [0.1, 0.15) is 0 Å². The van der Waals surface area contributed by atoms with E-state index in [0.29, 0.717) is 22.6 Å². The lowest BCUT2D eigenvalue weighted by Gasteiger charge is -2.01. The maximum absolute atomic E-state index is 11.9. The van der Waals surface area contributed by atoms with Gasteiger partial charge >= 0.3 is 0 Å². The normalized spacial score (nSPS) is 10.7. The third kappa shape index (κ3) is 1.64. The minimum absolute atomic E-state index is 0.190. The predicted molar refractivity (Wildman–Crippen MR) is 66.0 cm³/mol. The molecule has 0 fully saturated rings. The minimum atomic E-state index is -0.190. The molecule has 0 bridgehead atoms. The van der Waals surface area contributed by atoms with Crippen LogP contribution < -0.4 is 10.3 Å². The molecule has 0 aliphatic rings. The number of ether oxygens (including phenoxy) is 1. The Morgan fingerprint density at radius 2 is 2.17 bits per heavy atom. The summed E-state index contributed by atoms with van der Waals surface area (Å²) in [6.45, 7) is 0. The first kappa shape index (κ1) is 10.5. The van der Waals surface area contributed by atoms with E-state index < -0.39 is 0 Å². The van der Waals surface area contributed by atoms with Crippen LogP contribution in [0.25, 0.3) is 16.9 Å². The highest BCUT2D eigenvalue weighted by Gasteiger charge is 2.06. The molecule has 2 aromatic heterocycles. The smallest absolute Gasteiger partial charge is 0.260 e. The molecule has 0 aliphatic carbocycles. The van der Waals surface area contributed by atoms with Gasteiger partial charge in [-0.1, -0.05) is 12.1 Å². The molecular formula is C12H10N4O2. The van der Waals surface area contributed by atoms with Gasteiger partial charge in [0.15, 0.2) is 5.75 Å². The van der Waals surface area contributed by atoms with E-state index in [-0.39, 0.29) is 5.56 Å². The van der Waals surface area contributed by atoms with Crippen LogP contribution in [0.15, 0.2) is 41.5 Å². The fourth-order valence-corrected chi connectivity index (χ4v) is 1.71. The van der Waals surface area contributed by atoms with Crippen LogP contribution in [0.1, 0.15) is 0 Å². The van der Waals surface area contributed by atoms with Crippen LogP contribution in [0.5, 0.6) is 5.75 Å². The van der Waals surface area contributed by atoms with Crippen LogP contribution in [-0.2, 0) is 0 Å². The van der Waals surface area contributed by atoms with E-state index in [4.69, 9.17) is 4.74 Å². The Balaban J connectivity index is 2.21. The van der Waals surface area contributed by atoms with Crippen molar-refractivity contribution < 1.29 is 4.74 Å². The van der Waals surface area contributed by atoms with Crippen molar-refractivity contribution in [1.29, 1.82) is 0 Å². The van der Waals surface area contributed by atoms with E-state index in [1.54, 1.807) is 37.7 Å². The van der Waals surface area contributed by atoms with Crippen molar-refractivity contribution in [3.8, 4) is 11.7 Å². The molecule has 3 rings (SSSR count). The molecule has 0 saturated carbocycles. The number of para-hydroxylation sites is 1. The van der Waals surface area contributed by atoms with E-state index in [1.165, 1.54) is 4.68 Å². The largest absolute Gasteiger partial charge is 0.493 e. The molecule has 0 amide bonds. The second-order valence-electron chi connectivity index (χ2n) is 3.73. The molecule has 2 heterocycles. The fourth-order valence-electron chi connectivity index (χ4n) is 1.71. The SMILES string of the molecule is COc1cnn(-c2nc3ccccc3c(=O)[nH]2)c1. The molecular weight excluding hydrogens is 232 g/mol. The molecule has 1 aromatic carbocycles. The second kappa shape index (κ2) is 3.99.